The Morgan fingerprint density at radius 2 is 2.14 bits per heavy atom. The van der Waals surface area contributed by atoms with Crippen molar-refractivity contribution in [2.75, 3.05) is 6.54 Å². The SMILES string of the molecule is CC(=O)N1C[C@@H]2C[C@H](F)[C@H]1[C@H]2C(=O)O. The summed E-state index contributed by atoms with van der Waals surface area (Å²) < 4.78 is 13.4. The van der Waals surface area contributed by atoms with Gasteiger partial charge in [-0.1, -0.05) is 0 Å². The van der Waals surface area contributed by atoms with Gasteiger partial charge in [0.15, 0.2) is 0 Å². The summed E-state index contributed by atoms with van der Waals surface area (Å²) in [5.74, 6) is -2.11. The van der Waals surface area contributed by atoms with E-state index in [1.807, 2.05) is 0 Å². The maximum absolute atomic E-state index is 13.4. The number of rotatable bonds is 1. The number of fused-ring (bicyclic) bond motifs is 2. The minimum absolute atomic E-state index is 0.198. The first-order chi connectivity index (χ1) is 6.52. The molecule has 1 saturated carbocycles. The van der Waals surface area contributed by atoms with Crippen molar-refractivity contribution >= 4 is 11.9 Å². The predicted octanol–water partition coefficient (Wildman–Crippen LogP) is 0.276. The fourth-order valence-electron chi connectivity index (χ4n) is 2.72. The number of carboxylic acids is 1. The molecular formula is C9H12FNO3. The standard InChI is InChI=1S/C9H12FNO3/c1-4(12)11-3-5-2-6(10)8(11)7(5)9(13)14/h5-8H,2-3H2,1H3,(H,13,14)/t5-,6-,7-,8-/m0/s1. The van der Waals surface area contributed by atoms with Gasteiger partial charge >= 0.3 is 5.97 Å². The predicted molar refractivity (Wildman–Crippen MR) is 45.3 cm³/mol. The molecule has 0 aromatic rings. The minimum atomic E-state index is -1.17. The van der Waals surface area contributed by atoms with Crippen molar-refractivity contribution in [3.8, 4) is 0 Å². The van der Waals surface area contributed by atoms with E-state index in [0.717, 1.165) is 0 Å². The zero-order valence-electron chi connectivity index (χ0n) is 7.81. The Bertz CT molecular complexity index is 294. The van der Waals surface area contributed by atoms with Crippen LogP contribution in [-0.2, 0) is 9.59 Å². The molecule has 1 N–H and O–H groups in total. The van der Waals surface area contributed by atoms with Crippen LogP contribution in [0.3, 0.4) is 0 Å². The molecule has 2 rings (SSSR count). The summed E-state index contributed by atoms with van der Waals surface area (Å²) in [6, 6.07) is -0.727. The summed E-state index contributed by atoms with van der Waals surface area (Å²) in [6.07, 6.45) is -0.885. The third-order valence-electron chi connectivity index (χ3n) is 3.26. The maximum atomic E-state index is 13.4. The van der Waals surface area contributed by atoms with E-state index >= 15 is 0 Å². The Hall–Kier alpha value is -1.13. The van der Waals surface area contributed by atoms with Crippen molar-refractivity contribution in [2.45, 2.75) is 25.6 Å². The average molecular weight is 201 g/mol. The van der Waals surface area contributed by atoms with Crippen LogP contribution in [-0.4, -0.2) is 40.6 Å². The third-order valence-corrected chi connectivity index (χ3v) is 3.26. The third kappa shape index (κ3) is 1.11. The normalized spacial score (nSPS) is 40.3. The zero-order valence-corrected chi connectivity index (χ0v) is 7.81. The molecule has 0 spiro atoms. The summed E-state index contributed by atoms with van der Waals surface area (Å²) in [5, 5.41) is 8.91. The van der Waals surface area contributed by atoms with Crippen molar-refractivity contribution in [1.82, 2.24) is 4.90 Å². The number of carboxylic acid groups (broad SMARTS) is 1. The maximum Gasteiger partial charge on any atom is 0.309 e. The summed E-state index contributed by atoms with van der Waals surface area (Å²) in [6.45, 7) is 1.75. The van der Waals surface area contributed by atoms with E-state index in [9.17, 15) is 14.0 Å². The number of aliphatic carboxylic acids is 1. The lowest BCUT2D eigenvalue weighted by atomic mass is 9.99. The first-order valence-corrected chi connectivity index (χ1v) is 4.66. The molecule has 1 amide bonds. The largest absolute Gasteiger partial charge is 0.481 e. The fourth-order valence-corrected chi connectivity index (χ4v) is 2.72. The molecule has 4 nitrogen and oxygen atoms in total. The van der Waals surface area contributed by atoms with E-state index in [1.165, 1.54) is 11.8 Å². The van der Waals surface area contributed by atoms with Crippen LogP contribution in [0.4, 0.5) is 4.39 Å². The van der Waals surface area contributed by atoms with E-state index in [4.69, 9.17) is 5.11 Å². The highest BCUT2D eigenvalue weighted by Crippen LogP contribution is 2.44. The van der Waals surface area contributed by atoms with Crippen molar-refractivity contribution in [2.24, 2.45) is 11.8 Å². The second kappa shape index (κ2) is 2.93. The van der Waals surface area contributed by atoms with Crippen LogP contribution in [0.15, 0.2) is 0 Å². The van der Waals surface area contributed by atoms with Crippen molar-refractivity contribution in [1.29, 1.82) is 0 Å². The van der Waals surface area contributed by atoms with E-state index in [1.54, 1.807) is 0 Å². The van der Waals surface area contributed by atoms with Crippen LogP contribution < -0.4 is 0 Å². The quantitative estimate of drug-likeness (QED) is 0.662. The van der Waals surface area contributed by atoms with Gasteiger partial charge in [-0.3, -0.25) is 9.59 Å². The van der Waals surface area contributed by atoms with Gasteiger partial charge in [0.05, 0.1) is 12.0 Å². The molecule has 78 valence electrons. The van der Waals surface area contributed by atoms with Crippen LogP contribution in [0, 0.1) is 11.8 Å². The Labute approximate surface area is 80.7 Å². The number of halogens is 1. The number of nitrogens with zero attached hydrogens (tertiary/aromatic N) is 1. The van der Waals surface area contributed by atoms with Gasteiger partial charge < -0.3 is 10.0 Å². The molecule has 0 aromatic carbocycles. The molecule has 2 bridgehead atoms. The lowest BCUT2D eigenvalue weighted by molar-refractivity contribution is -0.143. The number of alkyl halides is 1. The first kappa shape index (κ1) is 9.43. The number of piperidine rings is 1. The van der Waals surface area contributed by atoms with Crippen molar-refractivity contribution < 1.29 is 19.1 Å². The smallest absolute Gasteiger partial charge is 0.309 e. The first-order valence-electron chi connectivity index (χ1n) is 4.66. The number of amides is 1. The molecule has 1 aliphatic carbocycles. The number of hydrogen-bond donors (Lipinski definition) is 1. The summed E-state index contributed by atoms with van der Waals surface area (Å²) in [7, 11) is 0. The Morgan fingerprint density at radius 3 is 2.57 bits per heavy atom. The zero-order chi connectivity index (χ0) is 10.5. The van der Waals surface area contributed by atoms with Crippen LogP contribution in [0.1, 0.15) is 13.3 Å². The van der Waals surface area contributed by atoms with Crippen molar-refractivity contribution in [3.05, 3.63) is 0 Å². The monoisotopic (exact) mass is 201 g/mol. The van der Waals surface area contributed by atoms with E-state index in [0.29, 0.717) is 6.54 Å². The Kier molecular flexibility index (Phi) is 1.97. The molecule has 0 radical (unpaired) electrons. The molecule has 14 heavy (non-hydrogen) atoms. The van der Waals surface area contributed by atoms with Gasteiger partial charge in [-0.25, -0.2) is 4.39 Å². The highest BCUT2D eigenvalue weighted by atomic mass is 19.1. The van der Waals surface area contributed by atoms with Crippen LogP contribution in [0.2, 0.25) is 0 Å². The number of carbonyl (C=O) groups is 2. The van der Waals surface area contributed by atoms with Gasteiger partial charge in [0, 0.05) is 13.5 Å². The topological polar surface area (TPSA) is 57.6 Å². The number of likely N-dealkylation sites (tertiary alicyclic amines) is 1. The lowest BCUT2D eigenvalue weighted by Crippen LogP contribution is -2.44. The molecule has 2 aliphatic rings. The molecule has 1 heterocycles. The molecule has 2 fully saturated rings. The minimum Gasteiger partial charge on any atom is -0.481 e. The van der Waals surface area contributed by atoms with E-state index < -0.39 is 24.1 Å². The van der Waals surface area contributed by atoms with Gasteiger partial charge in [0.1, 0.15) is 6.17 Å². The van der Waals surface area contributed by atoms with Gasteiger partial charge in [0.2, 0.25) is 5.91 Å². The summed E-state index contributed by atoms with van der Waals surface area (Å²) in [5.41, 5.74) is 0. The van der Waals surface area contributed by atoms with Gasteiger partial charge in [-0.05, 0) is 12.3 Å². The molecule has 0 aromatic heterocycles. The molecule has 4 atom stereocenters. The number of carbonyl (C=O) groups excluding carboxylic acids is 1. The Morgan fingerprint density at radius 1 is 1.50 bits per heavy atom. The lowest BCUT2D eigenvalue weighted by Gasteiger charge is -2.28. The fraction of sp³-hybridized carbons (Fsp3) is 0.778. The second-order valence-electron chi connectivity index (χ2n) is 4.04. The van der Waals surface area contributed by atoms with Crippen LogP contribution >= 0.6 is 0 Å². The molecule has 0 unspecified atom stereocenters. The van der Waals surface area contributed by atoms with Gasteiger partial charge in [0.25, 0.3) is 0 Å². The van der Waals surface area contributed by atoms with Gasteiger partial charge in [-0.15, -0.1) is 0 Å². The van der Waals surface area contributed by atoms with Crippen LogP contribution in [0.5, 0.6) is 0 Å². The molecule has 5 heteroatoms. The average Bonchev–Trinajstić information content (AvgIpc) is 2.56. The van der Waals surface area contributed by atoms with Crippen molar-refractivity contribution in [3.63, 3.8) is 0 Å². The van der Waals surface area contributed by atoms with E-state index in [-0.39, 0.29) is 18.2 Å². The highest BCUT2D eigenvalue weighted by Gasteiger charge is 2.57. The molecule has 1 saturated heterocycles. The number of hydrogen-bond acceptors (Lipinski definition) is 2. The van der Waals surface area contributed by atoms with Gasteiger partial charge in [-0.2, -0.15) is 0 Å². The summed E-state index contributed by atoms with van der Waals surface area (Å²) >= 11 is 0. The van der Waals surface area contributed by atoms with Crippen LogP contribution in [0.25, 0.3) is 0 Å². The molecule has 1 aliphatic heterocycles. The van der Waals surface area contributed by atoms with E-state index in [2.05, 4.69) is 0 Å². The second-order valence-corrected chi connectivity index (χ2v) is 4.04. The molecular weight excluding hydrogens is 189 g/mol. The highest BCUT2D eigenvalue weighted by molar-refractivity contribution is 5.78. The Balaban J connectivity index is 2.26. The summed E-state index contributed by atoms with van der Waals surface area (Å²) in [4.78, 5) is 23.3.